The molecule has 1 aromatic carbocycles. The van der Waals surface area contributed by atoms with Crippen molar-refractivity contribution in [2.24, 2.45) is 0 Å². The molecule has 0 atom stereocenters. The van der Waals surface area contributed by atoms with Crippen molar-refractivity contribution in [3.8, 4) is 11.3 Å². The molecular weight excluding hydrogens is 342 g/mol. The Balaban J connectivity index is 1.63. The third kappa shape index (κ3) is 3.30. The number of rotatable bonds is 4. The summed E-state index contributed by atoms with van der Waals surface area (Å²) in [5.74, 6) is -0.00315. The molecule has 2 N–H and O–H groups in total. The lowest BCUT2D eigenvalue weighted by Gasteiger charge is -2.10. The number of thioether (sulfide) groups is 1. The molecule has 0 fully saturated rings. The van der Waals surface area contributed by atoms with Crippen molar-refractivity contribution in [1.82, 2.24) is 15.3 Å². The van der Waals surface area contributed by atoms with Crippen molar-refractivity contribution in [2.75, 3.05) is 12.8 Å². The number of aromatic amines is 1. The normalized spacial score (nSPS) is 13.7. The quantitative estimate of drug-likeness (QED) is 0.683. The molecule has 0 saturated carbocycles. The van der Waals surface area contributed by atoms with Crippen LogP contribution in [0.3, 0.4) is 0 Å². The van der Waals surface area contributed by atoms with Crippen molar-refractivity contribution in [3.63, 3.8) is 0 Å². The lowest BCUT2D eigenvalue weighted by atomic mass is 10.1. The van der Waals surface area contributed by atoms with Gasteiger partial charge in [0.2, 0.25) is 0 Å². The zero-order valence-corrected chi connectivity index (χ0v) is 15.3. The molecule has 0 spiro atoms. The second-order valence-electron chi connectivity index (χ2n) is 6.13. The topological polar surface area (TPSA) is 57.8 Å². The van der Waals surface area contributed by atoms with E-state index < -0.39 is 0 Å². The molecule has 4 rings (SSSR count). The molecular formula is C21H19N3OS. The molecule has 1 amide bonds. The number of H-pyrrole nitrogens is 1. The largest absolute Gasteiger partial charge is 0.358 e. The van der Waals surface area contributed by atoms with Gasteiger partial charge in [-0.3, -0.25) is 9.78 Å². The molecule has 0 radical (unpaired) electrons. The number of benzene rings is 1. The summed E-state index contributed by atoms with van der Waals surface area (Å²) in [6, 6.07) is 14.2. The molecule has 0 bridgehead atoms. The summed E-state index contributed by atoms with van der Waals surface area (Å²) in [5.41, 5.74) is 5.80. The molecule has 130 valence electrons. The van der Waals surface area contributed by atoms with Gasteiger partial charge in [-0.15, -0.1) is 11.8 Å². The van der Waals surface area contributed by atoms with E-state index in [2.05, 4.69) is 39.7 Å². The molecule has 1 aliphatic rings. The fraction of sp³-hybridized carbons (Fsp3) is 0.143. The Hall–Kier alpha value is -2.79. The lowest BCUT2D eigenvalue weighted by molar-refractivity contribution is 0.0946. The highest BCUT2D eigenvalue weighted by atomic mass is 32.2. The summed E-state index contributed by atoms with van der Waals surface area (Å²) in [6.45, 7) is 0.685. The van der Waals surface area contributed by atoms with Crippen LogP contribution in [0.2, 0.25) is 0 Å². The highest BCUT2D eigenvalue weighted by molar-refractivity contribution is 7.98. The van der Waals surface area contributed by atoms with Crippen LogP contribution in [-0.2, 0) is 6.42 Å². The van der Waals surface area contributed by atoms with E-state index in [1.807, 2.05) is 36.4 Å². The highest BCUT2D eigenvalue weighted by Crippen LogP contribution is 2.25. The van der Waals surface area contributed by atoms with Gasteiger partial charge in [0.05, 0.1) is 11.3 Å². The number of carbonyl (C=O) groups excluding carboxylic acids is 1. The zero-order valence-electron chi connectivity index (χ0n) is 14.5. The van der Waals surface area contributed by atoms with Gasteiger partial charge in [0.1, 0.15) is 0 Å². The van der Waals surface area contributed by atoms with Crippen LogP contribution in [-0.4, -0.2) is 28.7 Å². The first-order valence-corrected chi connectivity index (χ1v) is 9.74. The Morgan fingerprint density at radius 3 is 2.88 bits per heavy atom. The second kappa shape index (κ2) is 7.22. The Labute approximate surface area is 156 Å². The van der Waals surface area contributed by atoms with Crippen LogP contribution in [0.4, 0.5) is 0 Å². The van der Waals surface area contributed by atoms with Gasteiger partial charge in [0.15, 0.2) is 0 Å². The number of hydrogen-bond acceptors (Lipinski definition) is 3. The number of amides is 1. The minimum absolute atomic E-state index is 0.00315. The first kappa shape index (κ1) is 16.7. The summed E-state index contributed by atoms with van der Waals surface area (Å²) in [4.78, 5) is 21.0. The molecule has 0 aliphatic carbocycles. The van der Waals surface area contributed by atoms with Crippen LogP contribution >= 0.6 is 11.8 Å². The van der Waals surface area contributed by atoms with E-state index in [1.54, 1.807) is 18.0 Å². The second-order valence-corrected chi connectivity index (χ2v) is 6.97. The van der Waals surface area contributed by atoms with Gasteiger partial charge in [-0.2, -0.15) is 0 Å². The van der Waals surface area contributed by atoms with Gasteiger partial charge in [-0.05, 0) is 42.2 Å². The van der Waals surface area contributed by atoms with Crippen molar-refractivity contribution in [2.45, 2.75) is 11.3 Å². The van der Waals surface area contributed by atoms with E-state index in [4.69, 9.17) is 0 Å². The van der Waals surface area contributed by atoms with Crippen LogP contribution in [0, 0.1) is 0 Å². The molecule has 0 saturated heterocycles. The Kier molecular flexibility index (Phi) is 4.63. The first-order chi connectivity index (χ1) is 12.7. The molecule has 3 heterocycles. The van der Waals surface area contributed by atoms with Gasteiger partial charge in [0.25, 0.3) is 5.91 Å². The standard InChI is InChI=1S/C21H19N3OS/c1-26-20-5-3-2-4-14(20)6-7-16-12-15(8-10-22-16)19-13-17-18(24-19)9-11-23-21(17)25/h2-8,10,12-13,24H,9,11H2,1H3,(H,23,25). The summed E-state index contributed by atoms with van der Waals surface area (Å²) >= 11 is 1.73. The van der Waals surface area contributed by atoms with Gasteiger partial charge >= 0.3 is 0 Å². The van der Waals surface area contributed by atoms with Crippen molar-refractivity contribution < 1.29 is 4.79 Å². The fourth-order valence-electron chi connectivity index (χ4n) is 3.14. The predicted octanol–water partition coefficient (Wildman–Crippen LogP) is 4.25. The summed E-state index contributed by atoms with van der Waals surface area (Å²) in [6.07, 6.45) is 8.83. The minimum Gasteiger partial charge on any atom is -0.358 e. The average Bonchev–Trinajstić information content (AvgIpc) is 3.13. The fourth-order valence-corrected chi connectivity index (χ4v) is 3.72. The van der Waals surface area contributed by atoms with E-state index in [-0.39, 0.29) is 5.91 Å². The maximum absolute atomic E-state index is 12.0. The van der Waals surface area contributed by atoms with E-state index in [1.165, 1.54) is 10.5 Å². The number of aromatic nitrogens is 2. The Bertz CT molecular complexity index is 990. The molecule has 1 aliphatic heterocycles. The van der Waals surface area contributed by atoms with E-state index >= 15 is 0 Å². The summed E-state index contributed by atoms with van der Waals surface area (Å²) in [7, 11) is 0. The molecule has 0 unspecified atom stereocenters. The third-order valence-corrected chi connectivity index (χ3v) is 5.28. The molecule has 3 aromatic rings. The molecule has 5 heteroatoms. The van der Waals surface area contributed by atoms with Crippen molar-refractivity contribution >= 4 is 29.8 Å². The SMILES string of the molecule is CSc1ccccc1C=Cc1cc(-c2cc3c([nH]2)CCNC3=O)ccn1. The summed E-state index contributed by atoms with van der Waals surface area (Å²) in [5, 5.41) is 2.88. The van der Waals surface area contributed by atoms with E-state index in [9.17, 15) is 4.79 Å². The number of fused-ring (bicyclic) bond motifs is 1. The van der Waals surface area contributed by atoms with Gasteiger partial charge in [0, 0.05) is 41.0 Å². The summed E-state index contributed by atoms with van der Waals surface area (Å²) < 4.78 is 0. The third-order valence-electron chi connectivity index (χ3n) is 4.47. The minimum atomic E-state index is -0.00315. The van der Waals surface area contributed by atoms with Crippen molar-refractivity contribution in [1.29, 1.82) is 0 Å². The van der Waals surface area contributed by atoms with Crippen LogP contribution < -0.4 is 5.32 Å². The first-order valence-electron chi connectivity index (χ1n) is 8.52. The van der Waals surface area contributed by atoms with Crippen LogP contribution in [0.1, 0.15) is 27.3 Å². The number of hydrogen-bond donors (Lipinski definition) is 2. The number of carbonyl (C=O) groups is 1. The highest BCUT2D eigenvalue weighted by Gasteiger charge is 2.19. The van der Waals surface area contributed by atoms with Gasteiger partial charge in [-0.1, -0.05) is 24.3 Å². The Morgan fingerprint density at radius 1 is 1.15 bits per heavy atom. The van der Waals surface area contributed by atoms with Crippen LogP contribution in [0.15, 0.2) is 53.6 Å². The number of nitrogens with one attached hydrogen (secondary N) is 2. The molecule has 4 nitrogen and oxygen atoms in total. The van der Waals surface area contributed by atoms with Crippen LogP contribution in [0.5, 0.6) is 0 Å². The van der Waals surface area contributed by atoms with Crippen molar-refractivity contribution in [3.05, 3.63) is 71.2 Å². The lowest BCUT2D eigenvalue weighted by Crippen LogP contribution is -2.31. The smallest absolute Gasteiger partial charge is 0.253 e. The van der Waals surface area contributed by atoms with E-state index in [0.29, 0.717) is 6.54 Å². The Morgan fingerprint density at radius 2 is 2.04 bits per heavy atom. The monoisotopic (exact) mass is 361 g/mol. The number of pyridine rings is 1. The number of nitrogens with zero attached hydrogens (tertiary/aromatic N) is 1. The maximum atomic E-state index is 12.0. The molecule has 26 heavy (non-hydrogen) atoms. The van der Waals surface area contributed by atoms with Gasteiger partial charge < -0.3 is 10.3 Å². The average molecular weight is 361 g/mol. The van der Waals surface area contributed by atoms with Gasteiger partial charge in [-0.25, -0.2) is 0 Å². The maximum Gasteiger partial charge on any atom is 0.253 e. The zero-order chi connectivity index (χ0) is 17.9. The predicted molar refractivity (Wildman–Crippen MR) is 107 cm³/mol. The molecule has 2 aromatic heterocycles. The van der Waals surface area contributed by atoms with Crippen LogP contribution in [0.25, 0.3) is 23.4 Å². The van der Waals surface area contributed by atoms with E-state index in [0.717, 1.165) is 34.6 Å².